The Labute approximate surface area is 80.0 Å². The molecule has 0 saturated carbocycles. The number of carboxylic acid groups (broad SMARTS) is 1. The normalized spacial score (nSPS) is 10.4. The molecule has 5 heteroatoms. The molecule has 0 aliphatic carbocycles. The van der Waals surface area contributed by atoms with Crippen LogP contribution < -0.4 is 5.32 Å². The molecule has 0 bridgehead atoms. The summed E-state index contributed by atoms with van der Waals surface area (Å²) < 4.78 is 1.54. The highest BCUT2D eigenvalue weighted by atomic mass is 16.4. The van der Waals surface area contributed by atoms with Crippen LogP contribution in [-0.4, -0.2) is 27.7 Å². The summed E-state index contributed by atoms with van der Waals surface area (Å²) in [5, 5.41) is 15.7. The lowest BCUT2D eigenvalue weighted by Crippen LogP contribution is -2.01. The molecule has 2 rings (SSSR count). The van der Waals surface area contributed by atoms with E-state index in [-0.39, 0.29) is 5.69 Å². The average molecular weight is 191 g/mol. The number of aromatic carboxylic acids is 1. The second-order valence-corrected chi connectivity index (χ2v) is 2.81. The number of nitrogens with one attached hydrogen (secondary N) is 1. The number of hydrogen-bond acceptors (Lipinski definition) is 3. The molecule has 0 aromatic carbocycles. The van der Waals surface area contributed by atoms with Crippen LogP contribution in [0.25, 0.3) is 5.52 Å². The van der Waals surface area contributed by atoms with Gasteiger partial charge in [-0.15, -0.1) is 0 Å². The van der Waals surface area contributed by atoms with Crippen LogP contribution in [0.5, 0.6) is 0 Å². The molecule has 0 atom stereocenters. The number of fused-ring (bicyclic) bond motifs is 1. The van der Waals surface area contributed by atoms with Crippen molar-refractivity contribution < 1.29 is 9.90 Å². The minimum absolute atomic E-state index is 0.0405. The molecule has 0 amide bonds. The minimum atomic E-state index is -1.03. The van der Waals surface area contributed by atoms with Crippen LogP contribution in [-0.2, 0) is 0 Å². The largest absolute Gasteiger partial charge is 0.476 e. The van der Waals surface area contributed by atoms with Crippen molar-refractivity contribution in [1.82, 2.24) is 9.61 Å². The average Bonchev–Trinajstić information content (AvgIpc) is 2.56. The van der Waals surface area contributed by atoms with Gasteiger partial charge in [-0.3, -0.25) is 0 Å². The number of rotatable bonds is 2. The fourth-order valence-electron chi connectivity index (χ4n) is 1.39. The highest BCUT2D eigenvalue weighted by Gasteiger charge is 2.16. The zero-order valence-corrected chi connectivity index (χ0v) is 7.56. The predicted molar refractivity (Wildman–Crippen MR) is 51.7 cm³/mol. The van der Waals surface area contributed by atoms with Crippen LogP contribution in [0.2, 0.25) is 0 Å². The first-order chi connectivity index (χ1) is 6.74. The topological polar surface area (TPSA) is 66.6 Å². The lowest BCUT2D eigenvalue weighted by molar-refractivity contribution is 0.0691. The van der Waals surface area contributed by atoms with Crippen molar-refractivity contribution in [2.75, 3.05) is 12.4 Å². The first kappa shape index (κ1) is 8.55. The summed E-state index contributed by atoms with van der Waals surface area (Å²) in [6.45, 7) is 0. The first-order valence-electron chi connectivity index (χ1n) is 4.12. The van der Waals surface area contributed by atoms with Gasteiger partial charge in [-0.25, -0.2) is 9.31 Å². The van der Waals surface area contributed by atoms with E-state index in [2.05, 4.69) is 10.4 Å². The second kappa shape index (κ2) is 3.02. The number of carbonyl (C=O) groups is 1. The Hall–Kier alpha value is -2.04. The fraction of sp³-hybridized carbons (Fsp3) is 0.111. The first-order valence-corrected chi connectivity index (χ1v) is 4.12. The van der Waals surface area contributed by atoms with Gasteiger partial charge >= 0.3 is 5.97 Å². The Bertz CT molecular complexity index is 490. The molecule has 0 aliphatic heterocycles. The van der Waals surface area contributed by atoms with E-state index in [9.17, 15) is 4.79 Å². The van der Waals surface area contributed by atoms with E-state index in [4.69, 9.17) is 5.11 Å². The van der Waals surface area contributed by atoms with Crippen molar-refractivity contribution in [2.45, 2.75) is 0 Å². The molecular formula is C9H9N3O2. The molecule has 5 nitrogen and oxygen atoms in total. The third kappa shape index (κ3) is 1.10. The van der Waals surface area contributed by atoms with Crippen LogP contribution >= 0.6 is 0 Å². The molecule has 0 saturated heterocycles. The van der Waals surface area contributed by atoms with E-state index in [1.165, 1.54) is 4.52 Å². The summed E-state index contributed by atoms with van der Waals surface area (Å²) in [6.07, 6.45) is 1.71. The van der Waals surface area contributed by atoms with Gasteiger partial charge in [0.2, 0.25) is 0 Å². The lowest BCUT2D eigenvalue weighted by atomic mass is 10.3. The van der Waals surface area contributed by atoms with Crippen LogP contribution in [0.4, 0.5) is 5.69 Å². The molecule has 2 aromatic rings. The van der Waals surface area contributed by atoms with E-state index >= 15 is 0 Å². The van der Waals surface area contributed by atoms with Crippen molar-refractivity contribution in [1.29, 1.82) is 0 Å². The molecule has 72 valence electrons. The summed E-state index contributed by atoms with van der Waals surface area (Å²) >= 11 is 0. The summed E-state index contributed by atoms with van der Waals surface area (Å²) in [4.78, 5) is 10.8. The molecule has 0 radical (unpaired) electrons. The van der Waals surface area contributed by atoms with E-state index in [1.807, 2.05) is 12.1 Å². The molecule has 0 fully saturated rings. The SMILES string of the molecule is CNc1c(C(=O)O)nn2ccccc12. The van der Waals surface area contributed by atoms with E-state index in [0.717, 1.165) is 5.52 Å². The highest BCUT2D eigenvalue weighted by molar-refractivity contribution is 5.97. The fourth-order valence-corrected chi connectivity index (χ4v) is 1.39. The van der Waals surface area contributed by atoms with Gasteiger partial charge in [0.05, 0.1) is 11.2 Å². The minimum Gasteiger partial charge on any atom is -0.476 e. The van der Waals surface area contributed by atoms with E-state index in [0.29, 0.717) is 5.69 Å². The number of anilines is 1. The molecule has 14 heavy (non-hydrogen) atoms. The molecule has 0 unspecified atom stereocenters. The monoisotopic (exact) mass is 191 g/mol. The molecular weight excluding hydrogens is 182 g/mol. The third-order valence-corrected chi connectivity index (χ3v) is 1.99. The number of aromatic nitrogens is 2. The third-order valence-electron chi connectivity index (χ3n) is 1.99. The second-order valence-electron chi connectivity index (χ2n) is 2.81. The maximum absolute atomic E-state index is 10.8. The van der Waals surface area contributed by atoms with Crippen LogP contribution in [0.1, 0.15) is 10.5 Å². The Morgan fingerprint density at radius 2 is 2.36 bits per heavy atom. The Balaban J connectivity index is 2.78. The summed E-state index contributed by atoms with van der Waals surface area (Å²) in [5.41, 5.74) is 1.34. The quantitative estimate of drug-likeness (QED) is 0.745. The van der Waals surface area contributed by atoms with Gasteiger partial charge in [-0.1, -0.05) is 6.07 Å². The zero-order chi connectivity index (χ0) is 10.1. The van der Waals surface area contributed by atoms with Gasteiger partial charge < -0.3 is 10.4 Å². The smallest absolute Gasteiger partial charge is 0.358 e. The maximum atomic E-state index is 10.8. The Morgan fingerprint density at radius 3 is 3.00 bits per heavy atom. The van der Waals surface area contributed by atoms with Crippen molar-refractivity contribution in [3.63, 3.8) is 0 Å². The van der Waals surface area contributed by atoms with Gasteiger partial charge in [-0.2, -0.15) is 5.10 Å². The molecule has 0 aliphatic rings. The standard InChI is InChI=1S/C9H9N3O2/c1-10-7-6-4-2-3-5-12(6)11-8(7)9(13)14/h2-5,10H,1H3,(H,13,14). The number of pyridine rings is 1. The lowest BCUT2D eigenvalue weighted by Gasteiger charge is -1.96. The van der Waals surface area contributed by atoms with Crippen molar-refractivity contribution in [3.05, 3.63) is 30.1 Å². The van der Waals surface area contributed by atoms with Crippen LogP contribution in [0.15, 0.2) is 24.4 Å². The molecule has 2 heterocycles. The highest BCUT2D eigenvalue weighted by Crippen LogP contribution is 2.20. The van der Waals surface area contributed by atoms with Gasteiger partial charge in [0.15, 0.2) is 5.69 Å². The van der Waals surface area contributed by atoms with Crippen LogP contribution in [0.3, 0.4) is 0 Å². The molecule has 2 aromatic heterocycles. The van der Waals surface area contributed by atoms with Gasteiger partial charge in [0.1, 0.15) is 0 Å². The van der Waals surface area contributed by atoms with Crippen LogP contribution in [0, 0.1) is 0 Å². The van der Waals surface area contributed by atoms with Crippen molar-refractivity contribution >= 4 is 17.2 Å². The van der Waals surface area contributed by atoms with Gasteiger partial charge in [0, 0.05) is 13.2 Å². The Kier molecular flexibility index (Phi) is 1.85. The molecule has 2 N–H and O–H groups in total. The molecule has 0 spiro atoms. The predicted octanol–water partition coefficient (Wildman–Crippen LogP) is 1.07. The van der Waals surface area contributed by atoms with Gasteiger partial charge in [-0.05, 0) is 12.1 Å². The van der Waals surface area contributed by atoms with E-state index < -0.39 is 5.97 Å². The maximum Gasteiger partial charge on any atom is 0.358 e. The summed E-state index contributed by atoms with van der Waals surface area (Å²) in [7, 11) is 1.68. The number of carboxylic acids is 1. The zero-order valence-electron chi connectivity index (χ0n) is 7.56. The summed E-state index contributed by atoms with van der Waals surface area (Å²) in [6, 6.07) is 5.44. The number of hydrogen-bond donors (Lipinski definition) is 2. The summed E-state index contributed by atoms with van der Waals surface area (Å²) in [5.74, 6) is -1.03. The van der Waals surface area contributed by atoms with Gasteiger partial charge in [0.25, 0.3) is 0 Å². The van der Waals surface area contributed by atoms with E-state index in [1.54, 1.807) is 19.3 Å². The van der Waals surface area contributed by atoms with Crippen molar-refractivity contribution in [3.8, 4) is 0 Å². The number of nitrogens with zero attached hydrogens (tertiary/aromatic N) is 2. The Morgan fingerprint density at radius 1 is 1.57 bits per heavy atom. The van der Waals surface area contributed by atoms with Crippen molar-refractivity contribution in [2.24, 2.45) is 0 Å².